The molecule has 28 heavy (non-hydrogen) atoms. The molecule has 0 fully saturated rings. The number of benzene rings is 1. The molecule has 0 aliphatic rings. The van der Waals surface area contributed by atoms with Gasteiger partial charge in [0.05, 0.1) is 0 Å². The monoisotopic (exact) mass is 384 g/mol. The molecule has 7 heteroatoms. The highest BCUT2D eigenvalue weighted by molar-refractivity contribution is 5.95. The predicted molar refractivity (Wildman–Crippen MR) is 111 cm³/mol. The largest absolute Gasteiger partial charge is 0.351 e. The van der Waals surface area contributed by atoms with E-state index in [1.54, 1.807) is 36.5 Å². The molecule has 0 unspecified atom stereocenters. The van der Waals surface area contributed by atoms with Gasteiger partial charge in [0.1, 0.15) is 6.54 Å². The maximum absolute atomic E-state index is 12.2. The van der Waals surface area contributed by atoms with Gasteiger partial charge >= 0.3 is 0 Å². The summed E-state index contributed by atoms with van der Waals surface area (Å²) in [5.74, 6) is -0.444. The molecule has 0 saturated carbocycles. The molecule has 0 atom stereocenters. The fourth-order valence-corrected chi connectivity index (χ4v) is 2.80. The summed E-state index contributed by atoms with van der Waals surface area (Å²) >= 11 is 0. The summed E-state index contributed by atoms with van der Waals surface area (Å²) < 4.78 is 1.36. The number of likely N-dealkylation sites (N-methyl/N-ethyl adjacent to an activating group) is 1. The first-order valence-electron chi connectivity index (χ1n) is 9.50. The molecule has 0 saturated heterocycles. The molecule has 1 aromatic carbocycles. The SMILES string of the molecule is CCN(CC)CCNC(=O)c1ccc(NC(=O)Cn2cc(C)ccc2=O)cc1. The molecule has 2 rings (SSSR count). The normalized spacial score (nSPS) is 10.7. The summed E-state index contributed by atoms with van der Waals surface area (Å²) in [4.78, 5) is 38.4. The third kappa shape index (κ3) is 6.35. The van der Waals surface area contributed by atoms with Crippen molar-refractivity contribution in [2.75, 3.05) is 31.5 Å². The molecule has 0 spiro atoms. The zero-order valence-corrected chi connectivity index (χ0v) is 16.7. The minimum atomic E-state index is -0.302. The van der Waals surface area contributed by atoms with Gasteiger partial charge in [0.2, 0.25) is 5.91 Å². The molecule has 2 aromatic rings. The lowest BCUT2D eigenvalue weighted by molar-refractivity contribution is -0.116. The van der Waals surface area contributed by atoms with Gasteiger partial charge in [0.15, 0.2) is 0 Å². The number of nitrogens with zero attached hydrogens (tertiary/aromatic N) is 2. The minimum absolute atomic E-state index is 0.0614. The smallest absolute Gasteiger partial charge is 0.251 e. The van der Waals surface area contributed by atoms with Crippen LogP contribution in [0.25, 0.3) is 0 Å². The summed E-state index contributed by atoms with van der Waals surface area (Å²) in [5, 5.41) is 5.64. The number of carbonyl (C=O) groups excluding carboxylic acids is 2. The van der Waals surface area contributed by atoms with E-state index in [1.807, 2.05) is 6.92 Å². The van der Waals surface area contributed by atoms with E-state index in [-0.39, 0.29) is 23.9 Å². The van der Waals surface area contributed by atoms with Crippen molar-refractivity contribution in [3.8, 4) is 0 Å². The summed E-state index contributed by atoms with van der Waals surface area (Å²) in [7, 11) is 0. The van der Waals surface area contributed by atoms with Crippen LogP contribution < -0.4 is 16.2 Å². The number of hydrogen-bond acceptors (Lipinski definition) is 4. The van der Waals surface area contributed by atoms with Crippen LogP contribution in [0.1, 0.15) is 29.8 Å². The van der Waals surface area contributed by atoms with Gasteiger partial charge in [-0.15, -0.1) is 0 Å². The summed E-state index contributed by atoms with van der Waals surface area (Å²) in [6, 6.07) is 9.84. The second-order valence-corrected chi connectivity index (χ2v) is 6.58. The maximum Gasteiger partial charge on any atom is 0.251 e. The Balaban J connectivity index is 1.87. The lowest BCUT2D eigenvalue weighted by Crippen LogP contribution is -2.34. The number of amides is 2. The van der Waals surface area contributed by atoms with Crippen LogP contribution in [0.2, 0.25) is 0 Å². The average Bonchev–Trinajstić information content (AvgIpc) is 2.68. The number of hydrogen-bond donors (Lipinski definition) is 2. The van der Waals surface area contributed by atoms with Crippen LogP contribution >= 0.6 is 0 Å². The molecule has 1 heterocycles. The van der Waals surface area contributed by atoms with Gasteiger partial charge in [-0.05, 0) is 49.8 Å². The van der Waals surface area contributed by atoms with Crippen molar-refractivity contribution in [1.82, 2.24) is 14.8 Å². The number of aryl methyl sites for hydroxylation is 1. The maximum atomic E-state index is 12.2. The quantitative estimate of drug-likeness (QED) is 0.691. The highest BCUT2D eigenvalue weighted by Crippen LogP contribution is 2.10. The van der Waals surface area contributed by atoms with Crippen LogP contribution in [-0.4, -0.2) is 47.5 Å². The zero-order chi connectivity index (χ0) is 20.5. The van der Waals surface area contributed by atoms with Gasteiger partial charge in [-0.2, -0.15) is 0 Å². The number of carbonyl (C=O) groups is 2. The first-order chi connectivity index (χ1) is 13.4. The van der Waals surface area contributed by atoms with E-state index in [0.29, 0.717) is 17.8 Å². The Morgan fingerprint density at radius 3 is 2.36 bits per heavy atom. The van der Waals surface area contributed by atoms with Crippen molar-refractivity contribution >= 4 is 17.5 Å². The Morgan fingerprint density at radius 2 is 1.71 bits per heavy atom. The number of pyridine rings is 1. The summed E-state index contributed by atoms with van der Waals surface area (Å²) in [6.07, 6.45) is 1.65. The van der Waals surface area contributed by atoms with E-state index in [0.717, 1.165) is 25.2 Å². The van der Waals surface area contributed by atoms with Crippen molar-refractivity contribution in [2.45, 2.75) is 27.3 Å². The molecule has 0 radical (unpaired) electrons. The van der Waals surface area contributed by atoms with Crippen LogP contribution in [-0.2, 0) is 11.3 Å². The topological polar surface area (TPSA) is 83.4 Å². The molecule has 2 N–H and O–H groups in total. The predicted octanol–water partition coefficient (Wildman–Crippen LogP) is 1.87. The summed E-state index contributed by atoms with van der Waals surface area (Å²) in [5.41, 5.74) is 1.79. The van der Waals surface area contributed by atoms with Crippen molar-refractivity contribution in [2.24, 2.45) is 0 Å². The van der Waals surface area contributed by atoms with Crippen molar-refractivity contribution in [3.05, 3.63) is 64.1 Å². The van der Waals surface area contributed by atoms with Gasteiger partial charge < -0.3 is 20.1 Å². The number of aromatic nitrogens is 1. The van der Waals surface area contributed by atoms with Gasteiger partial charge in [-0.25, -0.2) is 0 Å². The molecule has 7 nitrogen and oxygen atoms in total. The molecular formula is C21H28N4O3. The van der Waals surface area contributed by atoms with E-state index >= 15 is 0 Å². The highest BCUT2D eigenvalue weighted by Gasteiger charge is 2.08. The van der Waals surface area contributed by atoms with Gasteiger partial charge in [-0.3, -0.25) is 14.4 Å². The van der Waals surface area contributed by atoms with E-state index in [2.05, 4.69) is 29.4 Å². The molecule has 0 aliphatic carbocycles. The van der Waals surface area contributed by atoms with Gasteiger partial charge in [0, 0.05) is 36.6 Å². The van der Waals surface area contributed by atoms with Crippen molar-refractivity contribution in [3.63, 3.8) is 0 Å². The Bertz CT molecular complexity index is 855. The Morgan fingerprint density at radius 1 is 1.04 bits per heavy atom. The standard InChI is InChI=1S/C21H28N4O3/c1-4-24(5-2)13-12-22-21(28)17-7-9-18(10-8-17)23-19(26)15-25-14-16(3)6-11-20(25)27/h6-11,14H,4-5,12-13,15H2,1-3H3,(H,22,28)(H,23,26). The second-order valence-electron chi connectivity index (χ2n) is 6.58. The van der Waals surface area contributed by atoms with Crippen LogP contribution in [0.4, 0.5) is 5.69 Å². The number of anilines is 1. The fourth-order valence-electron chi connectivity index (χ4n) is 2.80. The average molecular weight is 384 g/mol. The zero-order valence-electron chi connectivity index (χ0n) is 16.7. The third-order valence-corrected chi connectivity index (χ3v) is 4.48. The van der Waals surface area contributed by atoms with Crippen molar-refractivity contribution in [1.29, 1.82) is 0 Å². The highest BCUT2D eigenvalue weighted by atomic mass is 16.2. The van der Waals surface area contributed by atoms with E-state index in [1.165, 1.54) is 10.6 Å². The first kappa shape index (κ1) is 21.4. The Labute approximate surface area is 165 Å². The summed E-state index contributed by atoms with van der Waals surface area (Å²) in [6.45, 7) is 9.29. The van der Waals surface area contributed by atoms with Crippen LogP contribution in [0.3, 0.4) is 0 Å². The third-order valence-electron chi connectivity index (χ3n) is 4.48. The van der Waals surface area contributed by atoms with Gasteiger partial charge in [0.25, 0.3) is 11.5 Å². The number of rotatable bonds is 9. The lowest BCUT2D eigenvalue weighted by Gasteiger charge is -2.18. The van der Waals surface area contributed by atoms with Crippen LogP contribution in [0.5, 0.6) is 0 Å². The molecule has 1 aromatic heterocycles. The Hall–Kier alpha value is -2.93. The van der Waals surface area contributed by atoms with E-state index in [9.17, 15) is 14.4 Å². The fraction of sp³-hybridized carbons (Fsp3) is 0.381. The molecule has 0 aliphatic heterocycles. The number of nitrogens with one attached hydrogen (secondary N) is 2. The second kappa shape index (κ2) is 10.4. The minimum Gasteiger partial charge on any atom is -0.351 e. The van der Waals surface area contributed by atoms with Gasteiger partial charge in [-0.1, -0.05) is 19.9 Å². The van der Waals surface area contributed by atoms with Crippen LogP contribution in [0, 0.1) is 6.92 Å². The first-order valence-corrected chi connectivity index (χ1v) is 9.50. The van der Waals surface area contributed by atoms with Crippen LogP contribution in [0.15, 0.2) is 47.4 Å². The molecule has 0 bridgehead atoms. The lowest BCUT2D eigenvalue weighted by atomic mass is 10.2. The molecule has 150 valence electrons. The Kier molecular flexibility index (Phi) is 7.95. The molecule has 2 amide bonds. The van der Waals surface area contributed by atoms with E-state index in [4.69, 9.17) is 0 Å². The van der Waals surface area contributed by atoms with E-state index < -0.39 is 0 Å². The van der Waals surface area contributed by atoms with Crippen molar-refractivity contribution < 1.29 is 9.59 Å². The molecular weight excluding hydrogens is 356 g/mol.